The average molecular weight is 374 g/mol. The highest BCUT2D eigenvalue weighted by atomic mass is 32.2. The van der Waals surface area contributed by atoms with Crippen molar-refractivity contribution >= 4 is 21.8 Å². The van der Waals surface area contributed by atoms with Crippen molar-refractivity contribution in [2.24, 2.45) is 0 Å². The standard InChI is InChI=1S/C19H22N2O4S/c1-2-4-15-7-9-18(10-8-15)26(23,24)20-17-6-3-5-16(13-17)14-21-11-12-25-19(21)22/h3,5-10,13,20H,2,4,11-12,14H2,1H3. The van der Waals surface area contributed by atoms with Crippen LogP contribution in [0.25, 0.3) is 0 Å². The molecule has 1 fully saturated rings. The Balaban J connectivity index is 1.72. The lowest BCUT2D eigenvalue weighted by Gasteiger charge is -2.14. The minimum Gasteiger partial charge on any atom is -0.448 e. The van der Waals surface area contributed by atoms with Crippen molar-refractivity contribution in [3.63, 3.8) is 0 Å². The molecule has 1 saturated heterocycles. The zero-order valence-corrected chi connectivity index (χ0v) is 15.5. The summed E-state index contributed by atoms with van der Waals surface area (Å²) < 4.78 is 32.7. The number of aryl methyl sites for hydroxylation is 1. The molecule has 1 heterocycles. The molecule has 1 aliphatic heterocycles. The molecule has 6 nitrogen and oxygen atoms in total. The van der Waals surface area contributed by atoms with Crippen LogP contribution in [0.1, 0.15) is 24.5 Å². The van der Waals surface area contributed by atoms with Gasteiger partial charge in [0.05, 0.1) is 11.4 Å². The van der Waals surface area contributed by atoms with Crippen molar-refractivity contribution in [2.45, 2.75) is 31.2 Å². The maximum absolute atomic E-state index is 12.6. The highest BCUT2D eigenvalue weighted by Crippen LogP contribution is 2.19. The molecule has 26 heavy (non-hydrogen) atoms. The molecule has 7 heteroatoms. The van der Waals surface area contributed by atoms with E-state index in [1.165, 1.54) is 0 Å². The van der Waals surface area contributed by atoms with Crippen LogP contribution in [-0.2, 0) is 27.7 Å². The highest BCUT2D eigenvalue weighted by molar-refractivity contribution is 7.92. The lowest BCUT2D eigenvalue weighted by Crippen LogP contribution is -2.23. The van der Waals surface area contributed by atoms with E-state index >= 15 is 0 Å². The number of sulfonamides is 1. The molecular formula is C19H22N2O4S. The van der Waals surface area contributed by atoms with Crippen LogP contribution in [-0.4, -0.2) is 32.6 Å². The van der Waals surface area contributed by atoms with Gasteiger partial charge >= 0.3 is 6.09 Å². The van der Waals surface area contributed by atoms with Gasteiger partial charge < -0.3 is 9.64 Å². The van der Waals surface area contributed by atoms with Crippen LogP contribution in [0.4, 0.5) is 10.5 Å². The third kappa shape index (κ3) is 4.35. The Morgan fingerprint density at radius 2 is 1.88 bits per heavy atom. The molecule has 0 atom stereocenters. The number of carbonyl (C=O) groups is 1. The summed E-state index contributed by atoms with van der Waals surface area (Å²) in [6.45, 7) is 3.40. The molecule has 2 aromatic carbocycles. The van der Waals surface area contributed by atoms with E-state index in [1.54, 1.807) is 35.2 Å². The lowest BCUT2D eigenvalue weighted by atomic mass is 10.1. The summed E-state index contributed by atoms with van der Waals surface area (Å²) in [5.74, 6) is 0. The fourth-order valence-corrected chi connectivity index (χ4v) is 3.91. The number of benzene rings is 2. The summed E-state index contributed by atoms with van der Waals surface area (Å²) >= 11 is 0. The van der Waals surface area contributed by atoms with E-state index in [2.05, 4.69) is 11.6 Å². The van der Waals surface area contributed by atoms with Crippen LogP contribution >= 0.6 is 0 Å². The number of hydrogen-bond donors (Lipinski definition) is 1. The number of ether oxygens (including phenoxy) is 1. The first-order chi connectivity index (χ1) is 12.5. The van der Waals surface area contributed by atoms with E-state index in [0.717, 1.165) is 24.0 Å². The number of amides is 1. The third-order valence-electron chi connectivity index (χ3n) is 4.17. The first-order valence-electron chi connectivity index (χ1n) is 8.60. The van der Waals surface area contributed by atoms with Gasteiger partial charge in [-0.2, -0.15) is 0 Å². The van der Waals surface area contributed by atoms with Gasteiger partial charge in [0.15, 0.2) is 0 Å². The van der Waals surface area contributed by atoms with E-state index in [0.29, 0.717) is 25.4 Å². The van der Waals surface area contributed by atoms with Gasteiger partial charge in [-0.25, -0.2) is 13.2 Å². The summed E-state index contributed by atoms with van der Waals surface area (Å²) in [6, 6.07) is 14.0. The van der Waals surface area contributed by atoms with E-state index in [1.807, 2.05) is 18.2 Å². The van der Waals surface area contributed by atoms with Crippen molar-refractivity contribution in [1.29, 1.82) is 0 Å². The molecule has 0 spiro atoms. The molecule has 0 saturated carbocycles. The Morgan fingerprint density at radius 1 is 1.12 bits per heavy atom. The maximum atomic E-state index is 12.6. The van der Waals surface area contributed by atoms with Crippen LogP contribution in [0.2, 0.25) is 0 Å². The fourth-order valence-electron chi connectivity index (χ4n) is 2.86. The molecule has 0 bridgehead atoms. The number of rotatable bonds is 7. The molecule has 0 radical (unpaired) electrons. The van der Waals surface area contributed by atoms with Gasteiger partial charge in [-0.15, -0.1) is 0 Å². The van der Waals surface area contributed by atoms with Crippen LogP contribution in [0, 0.1) is 0 Å². The SMILES string of the molecule is CCCc1ccc(S(=O)(=O)Nc2cccc(CN3CCOC3=O)c2)cc1. The third-order valence-corrected chi connectivity index (χ3v) is 5.57. The average Bonchev–Trinajstić information content (AvgIpc) is 3.00. The second-order valence-corrected chi connectivity index (χ2v) is 7.92. The van der Waals surface area contributed by atoms with Crippen molar-refractivity contribution in [3.8, 4) is 0 Å². The Morgan fingerprint density at radius 3 is 2.54 bits per heavy atom. The minimum atomic E-state index is -3.66. The second kappa shape index (κ2) is 7.78. The van der Waals surface area contributed by atoms with Gasteiger partial charge in [0, 0.05) is 12.2 Å². The van der Waals surface area contributed by atoms with E-state index in [-0.39, 0.29) is 11.0 Å². The summed E-state index contributed by atoms with van der Waals surface area (Å²) in [7, 11) is -3.66. The first kappa shape index (κ1) is 18.3. The van der Waals surface area contributed by atoms with Gasteiger partial charge in [0.25, 0.3) is 10.0 Å². The topological polar surface area (TPSA) is 75.7 Å². The second-order valence-electron chi connectivity index (χ2n) is 6.24. The summed E-state index contributed by atoms with van der Waals surface area (Å²) in [6.07, 6.45) is 1.60. The number of nitrogens with zero attached hydrogens (tertiary/aromatic N) is 1. The number of cyclic esters (lactones) is 1. The Bertz CT molecular complexity index is 879. The number of anilines is 1. The van der Waals surface area contributed by atoms with Crippen LogP contribution in [0.5, 0.6) is 0 Å². The zero-order valence-electron chi connectivity index (χ0n) is 14.6. The molecular weight excluding hydrogens is 352 g/mol. The lowest BCUT2D eigenvalue weighted by molar-refractivity contribution is 0.157. The molecule has 0 unspecified atom stereocenters. The summed E-state index contributed by atoms with van der Waals surface area (Å²) in [5, 5.41) is 0. The van der Waals surface area contributed by atoms with Crippen LogP contribution in [0.15, 0.2) is 53.4 Å². The largest absolute Gasteiger partial charge is 0.448 e. The number of carbonyl (C=O) groups excluding carboxylic acids is 1. The summed E-state index contributed by atoms with van der Waals surface area (Å²) in [5.41, 5.74) is 2.42. The molecule has 1 amide bonds. The minimum absolute atomic E-state index is 0.228. The van der Waals surface area contributed by atoms with E-state index in [4.69, 9.17) is 4.74 Å². The predicted molar refractivity (Wildman–Crippen MR) is 99.4 cm³/mol. The Labute approximate surface area is 153 Å². The molecule has 2 aromatic rings. The van der Waals surface area contributed by atoms with Crippen molar-refractivity contribution in [3.05, 3.63) is 59.7 Å². The van der Waals surface area contributed by atoms with Crippen molar-refractivity contribution < 1.29 is 17.9 Å². The molecule has 1 N–H and O–H groups in total. The highest BCUT2D eigenvalue weighted by Gasteiger charge is 2.22. The van der Waals surface area contributed by atoms with Gasteiger partial charge in [-0.1, -0.05) is 37.6 Å². The van der Waals surface area contributed by atoms with E-state index in [9.17, 15) is 13.2 Å². The molecule has 0 aliphatic carbocycles. The number of hydrogen-bond acceptors (Lipinski definition) is 4. The molecule has 3 rings (SSSR count). The summed E-state index contributed by atoms with van der Waals surface area (Å²) in [4.78, 5) is 13.4. The quantitative estimate of drug-likeness (QED) is 0.806. The molecule has 1 aliphatic rings. The fraction of sp³-hybridized carbons (Fsp3) is 0.316. The normalized spacial score (nSPS) is 14.3. The van der Waals surface area contributed by atoms with Gasteiger partial charge in [0.1, 0.15) is 6.61 Å². The monoisotopic (exact) mass is 374 g/mol. The van der Waals surface area contributed by atoms with Crippen LogP contribution < -0.4 is 4.72 Å². The van der Waals surface area contributed by atoms with Gasteiger partial charge in [0.2, 0.25) is 0 Å². The van der Waals surface area contributed by atoms with E-state index < -0.39 is 10.0 Å². The number of nitrogens with one attached hydrogen (secondary N) is 1. The van der Waals surface area contributed by atoms with Gasteiger partial charge in [-0.3, -0.25) is 4.72 Å². The zero-order chi connectivity index (χ0) is 18.6. The molecule has 0 aromatic heterocycles. The Hall–Kier alpha value is -2.54. The molecule has 138 valence electrons. The predicted octanol–water partition coefficient (Wildman–Crippen LogP) is 3.39. The van der Waals surface area contributed by atoms with Crippen molar-refractivity contribution in [1.82, 2.24) is 4.90 Å². The Kier molecular flexibility index (Phi) is 5.46. The van der Waals surface area contributed by atoms with Crippen molar-refractivity contribution in [2.75, 3.05) is 17.9 Å². The maximum Gasteiger partial charge on any atom is 0.410 e. The van der Waals surface area contributed by atoms with Crippen LogP contribution in [0.3, 0.4) is 0 Å². The smallest absolute Gasteiger partial charge is 0.410 e. The first-order valence-corrected chi connectivity index (χ1v) is 10.1. The van der Waals surface area contributed by atoms with Gasteiger partial charge in [-0.05, 0) is 41.8 Å².